The standard InChI is InChI=1S/C10H16N2O/c1-8-5-10(12(2)3)6-9(11-8)7-13-4/h5-6H,7H2,1-4H3. The van der Waals surface area contributed by atoms with Gasteiger partial charge in [-0.3, -0.25) is 4.98 Å². The van der Waals surface area contributed by atoms with Crippen molar-refractivity contribution < 1.29 is 4.74 Å². The van der Waals surface area contributed by atoms with Crippen molar-refractivity contribution in [3.8, 4) is 0 Å². The lowest BCUT2D eigenvalue weighted by molar-refractivity contribution is 0.181. The Labute approximate surface area is 79.3 Å². The van der Waals surface area contributed by atoms with Crippen molar-refractivity contribution in [1.29, 1.82) is 0 Å². The minimum atomic E-state index is 0.572. The summed E-state index contributed by atoms with van der Waals surface area (Å²) in [5, 5.41) is 0. The van der Waals surface area contributed by atoms with Crippen LogP contribution in [0.1, 0.15) is 11.4 Å². The Kier molecular flexibility index (Phi) is 3.25. The van der Waals surface area contributed by atoms with E-state index in [0.29, 0.717) is 6.61 Å². The summed E-state index contributed by atoms with van der Waals surface area (Å²) in [6.07, 6.45) is 0. The van der Waals surface area contributed by atoms with Gasteiger partial charge in [0.05, 0.1) is 12.3 Å². The molecule has 0 bridgehead atoms. The maximum atomic E-state index is 5.04. The molecule has 1 rings (SSSR count). The van der Waals surface area contributed by atoms with Gasteiger partial charge in [0.2, 0.25) is 0 Å². The summed E-state index contributed by atoms with van der Waals surface area (Å²) in [4.78, 5) is 6.42. The highest BCUT2D eigenvalue weighted by molar-refractivity contribution is 5.46. The van der Waals surface area contributed by atoms with Crippen molar-refractivity contribution in [2.45, 2.75) is 13.5 Å². The lowest BCUT2D eigenvalue weighted by Gasteiger charge is -2.14. The number of hydrogen-bond acceptors (Lipinski definition) is 3. The van der Waals surface area contributed by atoms with Crippen molar-refractivity contribution in [2.75, 3.05) is 26.1 Å². The molecule has 1 heterocycles. The van der Waals surface area contributed by atoms with E-state index in [1.165, 1.54) is 5.69 Å². The van der Waals surface area contributed by atoms with E-state index in [2.05, 4.69) is 16.0 Å². The zero-order chi connectivity index (χ0) is 9.84. The minimum absolute atomic E-state index is 0.572. The maximum Gasteiger partial charge on any atom is 0.0884 e. The van der Waals surface area contributed by atoms with Gasteiger partial charge in [-0.1, -0.05) is 0 Å². The van der Waals surface area contributed by atoms with Crippen LogP contribution in [0.3, 0.4) is 0 Å². The second-order valence-electron chi connectivity index (χ2n) is 3.29. The number of methoxy groups -OCH3 is 1. The number of aryl methyl sites for hydroxylation is 1. The van der Waals surface area contributed by atoms with Gasteiger partial charge in [-0.2, -0.15) is 0 Å². The normalized spacial score (nSPS) is 10.2. The van der Waals surface area contributed by atoms with Gasteiger partial charge in [-0.15, -0.1) is 0 Å². The van der Waals surface area contributed by atoms with Crippen LogP contribution in [0.5, 0.6) is 0 Å². The fraction of sp³-hybridized carbons (Fsp3) is 0.500. The number of nitrogens with zero attached hydrogens (tertiary/aromatic N) is 2. The lowest BCUT2D eigenvalue weighted by Crippen LogP contribution is -2.10. The molecule has 0 saturated heterocycles. The molecule has 0 N–H and O–H groups in total. The van der Waals surface area contributed by atoms with Crippen molar-refractivity contribution in [3.05, 3.63) is 23.5 Å². The first-order chi connectivity index (χ1) is 6.13. The Bertz CT molecular complexity index is 284. The van der Waals surface area contributed by atoms with Crippen LogP contribution in [0.15, 0.2) is 12.1 Å². The molecule has 72 valence electrons. The van der Waals surface area contributed by atoms with Gasteiger partial charge in [-0.05, 0) is 19.1 Å². The molecule has 0 spiro atoms. The quantitative estimate of drug-likeness (QED) is 0.706. The molecule has 0 aliphatic carbocycles. The molecule has 0 aromatic carbocycles. The number of hydrogen-bond donors (Lipinski definition) is 0. The van der Waals surface area contributed by atoms with E-state index in [-0.39, 0.29) is 0 Å². The predicted octanol–water partition coefficient (Wildman–Crippen LogP) is 1.60. The molecule has 0 aliphatic heterocycles. The zero-order valence-electron chi connectivity index (χ0n) is 8.66. The summed E-state index contributed by atoms with van der Waals surface area (Å²) in [6.45, 7) is 2.56. The second-order valence-corrected chi connectivity index (χ2v) is 3.29. The fourth-order valence-corrected chi connectivity index (χ4v) is 1.20. The zero-order valence-corrected chi connectivity index (χ0v) is 8.66. The fourth-order valence-electron chi connectivity index (χ4n) is 1.20. The average Bonchev–Trinajstić information content (AvgIpc) is 2.03. The first-order valence-corrected chi connectivity index (χ1v) is 4.27. The highest BCUT2D eigenvalue weighted by Gasteiger charge is 2.00. The van der Waals surface area contributed by atoms with E-state index < -0.39 is 0 Å². The molecule has 13 heavy (non-hydrogen) atoms. The Morgan fingerprint density at radius 2 is 2.08 bits per heavy atom. The summed E-state index contributed by atoms with van der Waals surface area (Å²) < 4.78 is 5.04. The van der Waals surface area contributed by atoms with Crippen LogP contribution in [-0.2, 0) is 11.3 Å². The summed E-state index contributed by atoms with van der Waals surface area (Å²) in [6, 6.07) is 4.09. The maximum absolute atomic E-state index is 5.04. The van der Waals surface area contributed by atoms with Crippen LogP contribution >= 0.6 is 0 Å². The first-order valence-electron chi connectivity index (χ1n) is 4.27. The topological polar surface area (TPSA) is 25.4 Å². The van der Waals surface area contributed by atoms with E-state index in [4.69, 9.17) is 4.74 Å². The van der Waals surface area contributed by atoms with E-state index >= 15 is 0 Å². The molecule has 0 amide bonds. The third-order valence-electron chi connectivity index (χ3n) is 1.80. The molecule has 1 aromatic heterocycles. The molecule has 0 radical (unpaired) electrons. The summed E-state index contributed by atoms with van der Waals surface area (Å²) in [5.41, 5.74) is 3.17. The van der Waals surface area contributed by atoms with Crippen LogP contribution < -0.4 is 4.90 Å². The van der Waals surface area contributed by atoms with E-state index in [1.807, 2.05) is 27.1 Å². The van der Waals surface area contributed by atoms with Gasteiger partial charge < -0.3 is 9.64 Å². The Hall–Kier alpha value is -1.09. The summed E-state index contributed by atoms with van der Waals surface area (Å²) >= 11 is 0. The Morgan fingerprint density at radius 3 is 2.62 bits per heavy atom. The van der Waals surface area contributed by atoms with Crippen LogP contribution in [0.4, 0.5) is 5.69 Å². The third kappa shape index (κ3) is 2.70. The molecule has 0 atom stereocenters. The predicted molar refractivity (Wildman–Crippen MR) is 54.0 cm³/mol. The molecular formula is C10H16N2O. The Morgan fingerprint density at radius 1 is 1.38 bits per heavy atom. The first kappa shape index (κ1) is 9.99. The smallest absolute Gasteiger partial charge is 0.0884 e. The molecule has 1 aromatic rings. The second kappa shape index (κ2) is 4.23. The lowest BCUT2D eigenvalue weighted by atomic mass is 10.2. The molecule has 3 nitrogen and oxygen atoms in total. The highest BCUT2D eigenvalue weighted by Crippen LogP contribution is 2.14. The number of anilines is 1. The van der Waals surface area contributed by atoms with E-state index in [1.54, 1.807) is 7.11 Å². The van der Waals surface area contributed by atoms with Gasteiger partial charge in [0.1, 0.15) is 0 Å². The Balaban J connectivity index is 2.96. The largest absolute Gasteiger partial charge is 0.378 e. The number of rotatable bonds is 3. The van der Waals surface area contributed by atoms with Crippen molar-refractivity contribution in [3.63, 3.8) is 0 Å². The van der Waals surface area contributed by atoms with Crippen molar-refractivity contribution in [2.24, 2.45) is 0 Å². The molecular weight excluding hydrogens is 164 g/mol. The SMILES string of the molecule is COCc1cc(N(C)C)cc(C)n1. The summed E-state index contributed by atoms with van der Waals surface area (Å²) in [7, 11) is 5.72. The molecule has 3 heteroatoms. The van der Waals surface area contributed by atoms with Gasteiger partial charge in [0, 0.05) is 32.6 Å². The van der Waals surface area contributed by atoms with Gasteiger partial charge in [0.25, 0.3) is 0 Å². The van der Waals surface area contributed by atoms with Crippen LogP contribution in [0.25, 0.3) is 0 Å². The van der Waals surface area contributed by atoms with Gasteiger partial charge in [-0.25, -0.2) is 0 Å². The highest BCUT2D eigenvalue weighted by atomic mass is 16.5. The van der Waals surface area contributed by atoms with E-state index in [9.17, 15) is 0 Å². The van der Waals surface area contributed by atoms with Gasteiger partial charge >= 0.3 is 0 Å². The number of pyridine rings is 1. The van der Waals surface area contributed by atoms with Crippen LogP contribution in [-0.4, -0.2) is 26.2 Å². The van der Waals surface area contributed by atoms with Crippen LogP contribution in [0, 0.1) is 6.92 Å². The monoisotopic (exact) mass is 180 g/mol. The third-order valence-corrected chi connectivity index (χ3v) is 1.80. The molecule has 0 aliphatic rings. The van der Waals surface area contributed by atoms with Crippen molar-refractivity contribution in [1.82, 2.24) is 4.98 Å². The molecule has 0 unspecified atom stereocenters. The number of ether oxygens (including phenoxy) is 1. The van der Waals surface area contributed by atoms with E-state index in [0.717, 1.165) is 11.4 Å². The van der Waals surface area contributed by atoms with Gasteiger partial charge in [0.15, 0.2) is 0 Å². The average molecular weight is 180 g/mol. The molecule has 0 saturated carbocycles. The van der Waals surface area contributed by atoms with Crippen LogP contribution in [0.2, 0.25) is 0 Å². The van der Waals surface area contributed by atoms with Crippen molar-refractivity contribution >= 4 is 5.69 Å². The summed E-state index contributed by atoms with van der Waals surface area (Å²) in [5.74, 6) is 0. The number of aromatic nitrogens is 1. The molecule has 0 fully saturated rings. The minimum Gasteiger partial charge on any atom is -0.378 e.